The maximum atomic E-state index is 13.5. The summed E-state index contributed by atoms with van der Waals surface area (Å²) in [7, 11) is 0. The first kappa shape index (κ1) is 22.8. The highest BCUT2D eigenvalue weighted by Crippen LogP contribution is 2.37. The number of hydrogen-bond acceptors (Lipinski definition) is 6. The lowest BCUT2D eigenvalue weighted by Crippen LogP contribution is -2.56. The Morgan fingerprint density at radius 3 is 2.56 bits per heavy atom. The highest BCUT2D eigenvalue weighted by atomic mass is 16.5. The number of urea groups is 1. The number of rotatable bonds is 7. The largest absolute Gasteiger partial charge is 0.376 e. The fourth-order valence-electron chi connectivity index (χ4n) is 5.49. The molecule has 1 aromatic heterocycles. The third-order valence-electron chi connectivity index (χ3n) is 7.31. The van der Waals surface area contributed by atoms with Crippen molar-refractivity contribution in [2.24, 2.45) is 5.92 Å². The first-order chi connectivity index (χ1) is 15.4. The molecule has 0 saturated carbocycles. The molecule has 4 amide bonds. The van der Waals surface area contributed by atoms with Crippen LogP contribution in [0.15, 0.2) is 4.52 Å². The van der Waals surface area contributed by atoms with Crippen LogP contribution in [-0.4, -0.2) is 70.7 Å². The average molecular weight is 447 g/mol. The van der Waals surface area contributed by atoms with Gasteiger partial charge in [0.05, 0.1) is 24.8 Å². The van der Waals surface area contributed by atoms with Gasteiger partial charge in [0, 0.05) is 25.3 Å². The number of nitrogens with zero attached hydrogens (tertiary/aromatic N) is 3. The van der Waals surface area contributed by atoms with Gasteiger partial charge >= 0.3 is 6.03 Å². The Morgan fingerprint density at radius 2 is 1.97 bits per heavy atom. The van der Waals surface area contributed by atoms with Gasteiger partial charge in [0.1, 0.15) is 11.3 Å². The summed E-state index contributed by atoms with van der Waals surface area (Å²) in [4.78, 5) is 42.4. The molecule has 3 aliphatic heterocycles. The number of carbonyl (C=O) groups excluding carboxylic acids is 3. The second-order valence-electron chi connectivity index (χ2n) is 9.34. The number of imide groups is 1. The van der Waals surface area contributed by atoms with Crippen molar-refractivity contribution >= 4 is 17.8 Å². The van der Waals surface area contributed by atoms with Crippen LogP contribution in [0.3, 0.4) is 0 Å². The Balaban J connectivity index is 1.41. The third kappa shape index (κ3) is 4.14. The van der Waals surface area contributed by atoms with Gasteiger partial charge in [-0.05, 0) is 51.9 Å². The van der Waals surface area contributed by atoms with Crippen molar-refractivity contribution in [2.75, 3.05) is 26.2 Å². The second-order valence-corrected chi connectivity index (χ2v) is 9.34. The molecule has 3 saturated heterocycles. The number of ether oxygens (including phenoxy) is 1. The van der Waals surface area contributed by atoms with E-state index in [1.54, 1.807) is 0 Å². The zero-order chi connectivity index (χ0) is 22.9. The number of carbonyl (C=O) groups is 3. The molecule has 176 valence electrons. The van der Waals surface area contributed by atoms with Crippen molar-refractivity contribution in [2.45, 2.75) is 77.4 Å². The zero-order valence-electron chi connectivity index (χ0n) is 19.3. The number of likely N-dealkylation sites (tertiary alicyclic amines) is 1. The molecule has 3 fully saturated rings. The number of hydrogen-bond donors (Lipinski definition) is 1. The van der Waals surface area contributed by atoms with Gasteiger partial charge in [0.15, 0.2) is 0 Å². The van der Waals surface area contributed by atoms with Crippen molar-refractivity contribution in [3.8, 4) is 0 Å². The number of amides is 4. The van der Waals surface area contributed by atoms with E-state index >= 15 is 0 Å². The Hall–Kier alpha value is -2.42. The lowest BCUT2D eigenvalue weighted by Gasteiger charge is -2.41. The maximum Gasteiger partial charge on any atom is 0.325 e. The molecule has 0 bridgehead atoms. The van der Waals surface area contributed by atoms with Crippen LogP contribution >= 0.6 is 0 Å². The lowest BCUT2D eigenvalue weighted by atomic mass is 9.74. The van der Waals surface area contributed by atoms with E-state index in [4.69, 9.17) is 9.26 Å². The Morgan fingerprint density at radius 1 is 1.22 bits per heavy atom. The molecule has 0 unspecified atom stereocenters. The topological polar surface area (TPSA) is 105 Å². The summed E-state index contributed by atoms with van der Waals surface area (Å²) in [6.45, 7) is 7.86. The van der Waals surface area contributed by atoms with E-state index in [9.17, 15) is 14.4 Å². The first-order valence-electron chi connectivity index (χ1n) is 11.8. The van der Waals surface area contributed by atoms with Gasteiger partial charge in [-0.1, -0.05) is 18.5 Å². The van der Waals surface area contributed by atoms with E-state index < -0.39 is 5.54 Å². The molecule has 1 aromatic rings. The fourth-order valence-corrected chi connectivity index (χ4v) is 5.49. The van der Waals surface area contributed by atoms with E-state index in [2.05, 4.69) is 10.5 Å². The zero-order valence-corrected chi connectivity index (χ0v) is 19.3. The summed E-state index contributed by atoms with van der Waals surface area (Å²) < 4.78 is 10.8. The van der Waals surface area contributed by atoms with Crippen LogP contribution in [0.1, 0.15) is 62.5 Å². The molecular weight excluding hydrogens is 412 g/mol. The normalized spacial score (nSPS) is 26.8. The van der Waals surface area contributed by atoms with E-state index in [0.717, 1.165) is 30.5 Å². The van der Waals surface area contributed by atoms with Crippen LogP contribution in [0.5, 0.6) is 0 Å². The van der Waals surface area contributed by atoms with Crippen LogP contribution in [0, 0.1) is 19.8 Å². The van der Waals surface area contributed by atoms with Gasteiger partial charge in [-0.25, -0.2) is 4.79 Å². The summed E-state index contributed by atoms with van der Waals surface area (Å²) in [5.74, 6) is 0.610. The lowest BCUT2D eigenvalue weighted by molar-refractivity contribution is -0.136. The van der Waals surface area contributed by atoms with Crippen LogP contribution in [0.4, 0.5) is 4.79 Å². The van der Waals surface area contributed by atoms with Crippen LogP contribution < -0.4 is 5.32 Å². The molecule has 9 heteroatoms. The molecule has 1 N–H and O–H groups in total. The molecule has 9 nitrogen and oxygen atoms in total. The summed E-state index contributed by atoms with van der Waals surface area (Å²) in [5.41, 5.74) is 0.724. The number of aromatic nitrogens is 1. The SMILES string of the molecule is CCC[C@]1(C2CCN(C(=O)Cc3c(C)noc3C)CC2)NC(=O)N(C[C@@H]2CCCO2)C1=O. The van der Waals surface area contributed by atoms with Gasteiger partial charge in [0.2, 0.25) is 5.91 Å². The van der Waals surface area contributed by atoms with Crippen molar-refractivity contribution < 1.29 is 23.6 Å². The van der Waals surface area contributed by atoms with Crippen LogP contribution in [0.2, 0.25) is 0 Å². The quantitative estimate of drug-likeness (QED) is 0.645. The van der Waals surface area contributed by atoms with Gasteiger partial charge in [-0.3, -0.25) is 14.5 Å². The Bertz CT molecular complexity index is 850. The van der Waals surface area contributed by atoms with Crippen molar-refractivity contribution in [3.63, 3.8) is 0 Å². The predicted molar refractivity (Wildman–Crippen MR) is 116 cm³/mol. The van der Waals surface area contributed by atoms with E-state index in [1.807, 2.05) is 25.7 Å². The van der Waals surface area contributed by atoms with E-state index in [1.165, 1.54) is 4.90 Å². The molecular formula is C23H34N4O5. The van der Waals surface area contributed by atoms with Crippen molar-refractivity contribution in [1.82, 2.24) is 20.3 Å². The summed E-state index contributed by atoms with van der Waals surface area (Å²) >= 11 is 0. The molecule has 0 aliphatic carbocycles. The monoisotopic (exact) mass is 446 g/mol. The smallest absolute Gasteiger partial charge is 0.325 e. The van der Waals surface area contributed by atoms with Gasteiger partial charge < -0.3 is 19.5 Å². The van der Waals surface area contributed by atoms with E-state index in [-0.39, 0.29) is 36.3 Å². The van der Waals surface area contributed by atoms with Crippen LogP contribution in [0.25, 0.3) is 0 Å². The minimum atomic E-state index is -0.874. The fraction of sp³-hybridized carbons (Fsp3) is 0.739. The second kappa shape index (κ2) is 9.21. The highest BCUT2D eigenvalue weighted by molar-refractivity contribution is 6.07. The predicted octanol–water partition coefficient (Wildman–Crippen LogP) is 2.34. The van der Waals surface area contributed by atoms with Crippen molar-refractivity contribution in [1.29, 1.82) is 0 Å². The minimum absolute atomic E-state index is 0.0107. The summed E-state index contributed by atoms with van der Waals surface area (Å²) in [6, 6.07) is -0.309. The Labute approximate surface area is 188 Å². The summed E-state index contributed by atoms with van der Waals surface area (Å²) in [5, 5.41) is 7.00. The standard InChI is InChI=1S/C23H34N4O5/c1-4-9-23(21(29)27(22(30)24-23)14-18-6-5-12-31-18)17-7-10-26(11-8-17)20(28)13-19-15(2)25-32-16(19)3/h17-18H,4-14H2,1-3H3,(H,24,30)/t18-,23+/m0/s1. The highest BCUT2D eigenvalue weighted by Gasteiger charge is 2.55. The Kier molecular flexibility index (Phi) is 6.55. The molecule has 0 aromatic carbocycles. The van der Waals surface area contributed by atoms with Gasteiger partial charge in [-0.15, -0.1) is 0 Å². The molecule has 0 spiro atoms. The average Bonchev–Trinajstić information content (AvgIpc) is 3.47. The molecule has 0 radical (unpaired) electrons. The minimum Gasteiger partial charge on any atom is -0.376 e. The third-order valence-corrected chi connectivity index (χ3v) is 7.31. The van der Waals surface area contributed by atoms with Crippen molar-refractivity contribution in [3.05, 3.63) is 17.0 Å². The number of nitrogens with one attached hydrogen (secondary N) is 1. The number of piperidine rings is 1. The molecule has 4 rings (SSSR count). The molecule has 4 heterocycles. The maximum absolute atomic E-state index is 13.5. The first-order valence-corrected chi connectivity index (χ1v) is 11.8. The molecule has 2 atom stereocenters. The van der Waals surface area contributed by atoms with E-state index in [0.29, 0.717) is 51.3 Å². The van der Waals surface area contributed by atoms with Gasteiger partial charge in [-0.2, -0.15) is 0 Å². The van der Waals surface area contributed by atoms with Gasteiger partial charge in [0.25, 0.3) is 5.91 Å². The molecule has 3 aliphatic rings. The summed E-state index contributed by atoms with van der Waals surface area (Å²) in [6.07, 6.45) is 4.84. The van der Waals surface area contributed by atoms with Crippen LogP contribution in [-0.2, 0) is 20.7 Å². The number of aryl methyl sites for hydroxylation is 2. The molecule has 32 heavy (non-hydrogen) atoms.